The summed E-state index contributed by atoms with van der Waals surface area (Å²) in [5, 5.41) is 13.4. The molecule has 0 amide bonds. The van der Waals surface area contributed by atoms with E-state index >= 15 is 0 Å². The number of rotatable bonds is 6. The molecule has 0 unspecified atom stereocenters. The normalized spacial score (nSPS) is 12.1. The molecule has 0 saturated carbocycles. The molecule has 0 aromatic carbocycles. The van der Waals surface area contributed by atoms with Crippen molar-refractivity contribution in [2.75, 3.05) is 6.54 Å². The molecule has 5 heteroatoms. The van der Waals surface area contributed by atoms with E-state index < -0.39 is 11.5 Å². The number of aliphatic carboxylic acids is 1. The molecule has 1 rings (SSSR count). The second-order valence-electron chi connectivity index (χ2n) is 4.52. The smallest absolute Gasteiger partial charge is 0.323 e. The van der Waals surface area contributed by atoms with Gasteiger partial charge in [0.05, 0.1) is 5.69 Å². The molecule has 0 bridgehead atoms. The van der Waals surface area contributed by atoms with E-state index in [1.807, 2.05) is 29.5 Å². The van der Waals surface area contributed by atoms with Crippen LogP contribution in [-0.4, -0.2) is 37.8 Å². The van der Waals surface area contributed by atoms with E-state index in [4.69, 9.17) is 0 Å². The number of carbonyl (C=O) groups is 1. The van der Waals surface area contributed by atoms with E-state index in [9.17, 15) is 9.90 Å². The lowest BCUT2D eigenvalue weighted by Gasteiger charge is -2.34. The van der Waals surface area contributed by atoms with Gasteiger partial charge in [-0.1, -0.05) is 6.92 Å². The number of carboxylic acids is 1. The van der Waals surface area contributed by atoms with Gasteiger partial charge in [-0.3, -0.25) is 14.4 Å². The number of hydrogen-bond acceptors (Lipinski definition) is 3. The van der Waals surface area contributed by atoms with Gasteiger partial charge in [0.15, 0.2) is 0 Å². The first-order valence-electron chi connectivity index (χ1n) is 5.92. The van der Waals surface area contributed by atoms with Crippen molar-refractivity contribution < 1.29 is 9.90 Å². The van der Waals surface area contributed by atoms with Gasteiger partial charge in [0.25, 0.3) is 0 Å². The lowest BCUT2D eigenvalue weighted by Crippen LogP contribution is -2.49. The lowest BCUT2D eigenvalue weighted by molar-refractivity contribution is -0.149. The maximum absolute atomic E-state index is 11.2. The highest BCUT2D eigenvalue weighted by Gasteiger charge is 2.33. The van der Waals surface area contributed by atoms with Crippen LogP contribution >= 0.6 is 0 Å². The molecule has 17 heavy (non-hydrogen) atoms. The molecule has 0 atom stereocenters. The van der Waals surface area contributed by atoms with Crippen LogP contribution in [0.2, 0.25) is 0 Å². The zero-order chi connectivity index (χ0) is 13.1. The number of likely N-dealkylation sites (N-methyl/N-ethyl adjacent to an activating group) is 1. The van der Waals surface area contributed by atoms with Gasteiger partial charge in [0.1, 0.15) is 5.54 Å². The average Bonchev–Trinajstić information content (AvgIpc) is 2.72. The van der Waals surface area contributed by atoms with E-state index in [2.05, 4.69) is 5.10 Å². The standard InChI is InChI=1S/C12H21N3O2/c1-5-14(12(3,4)11(16)17)9-10-7-8-13-15(10)6-2/h7-8H,5-6,9H2,1-4H3,(H,16,17). The Bertz CT molecular complexity index is 385. The van der Waals surface area contributed by atoms with Crippen LogP contribution in [0.15, 0.2) is 12.3 Å². The molecule has 0 radical (unpaired) electrons. The van der Waals surface area contributed by atoms with Crippen LogP contribution in [0.4, 0.5) is 0 Å². The molecule has 0 saturated heterocycles. The van der Waals surface area contributed by atoms with Gasteiger partial charge < -0.3 is 5.11 Å². The number of aryl methyl sites for hydroxylation is 1. The monoisotopic (exact) mass is 239 g/mol. The summed E-state index contributed by atoms with van der Waals surface area (Å²) in [4.78, 5) is 13.2. The third-order valence-electron chi connectivity index (χ3n) is 3.15. The number of nitrogens with zero attached hydrogens (tertiary/aromatic N) is 3. The first kappa shape index (κ1) is 13.7. The van der Waals surface area contributed by atoms with Gasteiger partial charge in [-0.25, -0.2) is 0 Å². The van der Waals surface area contributed by atoms with Crippen LogP contribution in [0, 0.1) is 0 Å². The Morgan fingerprint density at radius 2 is 2.18 bits per heavy atom. The maximum atomic E-state index is 11.2. The highest BCUT2D eigenvalue weighted by atomic mass is 16.4. The Labute approximate surface area is 102 Å². The molecule has 0 aliphatic carbocycles. The zero-order valence-electron chi connectivity index (χ0n) is 11.0. The van der Waals surface area contributed by atoms with Crippen LogP contribution in [0.25, 0.3) is 0 Å². The molecular weight excluding hydrogens is 218 g/mol. The van der Waals surface area contributed by atoms with Crippen molar-refractivity contribution in [1.82, 2.24) is 14.7 Å². The molecule has 1 heterocycles. The van der Waals surface area contributed by atoms with Crippen molar-refractivity contribution in [3.8, 4) is 0 Å². The van der Waals surface area contributed by atoms with E-state index in [0.29, 0.717) is 13.1 Å². The molecule has 96 valence electrons. The third kappa shape index (κ3) is 2.85. The Morgan fingerprint density at radius 1 is 1.53 bits per heavy atom. The summed E-state index contributed by atoms with van der Waals surface area (Å²) in [7, 11) is 0. The van der Waals surface area contributed by atoms with Crippen molar-refractivity contribution in [3.63, 3.8) is 0 Å². The summed E-state index contributed by atoms with van der Waals surface area (Å²) in [6, 6.07) is 1.93. The Kier molecular flexibility index (Phi) is 4.28. The predicted molar refractivity (Wildman–Crippen MR) is 65.7 cm³/mol. The van der Waals surface area contributed by atoms with Gasteiger partial charge >= 0.3 is 5.97 Å². The summed E-state index contributed by atoms with van der Waals surface area (Å²) in [6.07, 6.45) is 1.75. The van der Waals surface area contributed by atoms with Crippen molar-refractivity contribution in [2.45, 2.75) is 46.3 Å². The minimum atomic E-state index is -0.864. The van der Waals surface area contributed by atoms with E-state index in [1.165, 1.54) is 0 Å². The Balaban J connectivity index is 2.87. The van der Waals surface area contributed by atoms with Crippen LogP contribution < -0.4 is 0 Å². The molecule has 5 nitrogen and oxygen atoms in total. The first-order chi connectivity index (χ1) is 7.93. The molecule has 1 aromatic heterocycles. The second-order valence-corrected chi connectivity index (χ2v) is 4.52. The second kappa shape index (κ2) is 5.31. The first-order valence-corrected chi connectivity index (χ1v) is 5.92. The predicted octanol–water partition coefficient (Wildman–Crippen LogP) is 1.59. The fourth-order valence-corrected chi connectivity index (χ4v) is 1.81. The van der Waals surface area contributed by atoms with Gasteiger partial charge in [-0.15, -0.1) is 0 Å². The zero-order valence-corrected chi connectivity index (χ0v) is 11.0. The van der Waals surface area contributed by atoms with E-state index in [-0.39, 0.29) is 0 Å². The molecule has 1 N–H and O–H groups in total. The molecule has 0 aliphatic heterocycles. The van der Waals surface area contributed by atoms with Crippen molar-refractivity contribution in [1.29, 1.82) is 0 Å². The SMILES string of the molecule is CCN(Cc1ccnn1CC)C(C)(C)C(=O)O. The molecule has 1 aromatic rings. The van der Waals surface area contributed by atoms with Crippen LogP contribution in [0.5, 0.6) is 0 Å². The fourth-order valence-electron chi connectivity index (χ4n) is 1.81. The van der Waals surface area contributed by atoms with Crippen LogP contribution in [0.3, 0.4) is 0 Å². The quantitative estimate of drug-likeness (QED) is 0.819. The Morgan fingerprint density at radius 3 is 2.65 bits per heavy atom. The van der Waals surface area contributed by atoms with Gasteiger partial charge in [-0.05, 0) is 33.4 Å². The van der Waals surface area contributed by atoms with E-state index in [0.717, 1.165) is 12.2 Å². The molecule has 0 fully saturated rings. The van der Waals surface area contributed by atoms with Crippen LogP contribution in [0.1, 0.15) is 33.4 Å². The van der Waals surface area contributed by atoms with Gasteiger partial charge in [-0.2, -0.15) is 5.10 Å². The Hall–Kier alpha value is -1.36. The summed E-state index contributed by atoms with van der Waals surface area (Å²) in [5.74, 6) is -0.804. The minimum Gasteiger partial charge on any atom is -0.480 e. The summed E-state index contributed by atoms with van der Waals surface area (Å²) >= 11 is 0. The van der Waals surface area contributed by atoms with Crippen molar-refractivity contribution in [3.05, 3.63) is 18.0 Å². The molecule has 0 spiro atoms. The number of carboxylic acid groups (broad SMARTS) is 1. The van der Waals surface area contributed by atoms with Gasteiger partial charge in [0.2, 0.25) is 0 Å². The summed E-state index contributed by atoms with van der Waals surface area (Å²) in [6.45, 7) is 9.54. The highest BCUT2D eigenvalue weighted by molar-refractivity contribution is 5.77. The van der Waals surface area contributed by atoms with Crippen molar-refractivity contribution >= 4 is 5.97 Å². The minimum absolute atomic E-state index is 0.601. The number of aromatic nitrogens is 2. The summed E-state index contributed by atoms with van der Waals surface area (Å²) in [5.41, 5.74) is 0.182. The topological polar surface area (TPSA) is 58.4 Å². The third-order valence-corrected chi connectivity index (χ3v) is 3.15. The summed E-state index contributed by atoms with van der Waals surface area (Å²) < 4.78 is 1.89. The van der Waals surface area contributed by atoms with Crippen molar-refractivity contribution in [2.24, 2.45) is 0 Å². The van der Waals surface area contributed by atoms with Crippen LogP contribution in [-0.2, 0) is 17.9 Å². The molecular formula is C12H21N3O2. The van der Waals surface area contributed by atoms with Gasteiger partial charge in [0, 0.05) is 19.3 Å². The number of hydrogen-bond donors (Lipinski definition) is 1. The molecule has 0 aliphatic rings. The lowest BCUT2D eigenvalue weighted by atomic mass is 10.0. The average molecular weight is 239 g/mol. The van der Waals surface area contributed by atoms with E-state index in [1.54, 1.807) is 20.0 Å². The highest BCUT2D eigenvalue weighted by Crippen LogP contribution is 2.17. The maximum Gasteiger partial charge on any atom is 0.323 e. The fraction of sp³-hybridized carbons (Fsp3) is 0.667. The largest absolute Gasteiger partial charge is 0.480 e.